The second-order valence-corrected chi connectivity index (χ2v) is 8.74. The first-order valence-corrected chi connectivity index (χ1v) is 10.9. The van der Waals surface area contributed by atoms with E-state index in [1.165, 1.54) is 31.2 Å². The molecule has 1 aliphatic rings. The van der Waals surface area contributed by atoms with E-state index < -0.39 is 58.7 Å². The molecule has 2 aromatic rings. The van der Waals surface area contributed by atoms with Crippen molar-refractivity contribution in [2.75, 3.05) is 23.3 Å². The molecule has 3 rings (SSSR count). The zero-order valence-corrected chi connectivity index (χ0v) is 17.9. The van der Waals surface area contributed by atoms with Crippen molar-refractivity contribution in [3.63, 3.8) is 0 Å². The molecule has 0 radical (unpaired) electrons. The molecule has 1 heterocycles. The number of fused-ring (bicyclic) bond motifs is 1. The number of esters is 1. The van der Waals surface area contributed by atoms with Gasteiger partial charge in [-0.2, -0.15) is 17.9 Å². The van der Waals surface area contributed by atoms with Crippen molar-refractivity contribution in [3.8, 4) is 0 Å². The van der Waals surface area contributed by atoms with E-state index in [4.69, 9.17) is 4.74 Å². The van der Waals surface area contributed by atoms with Crippen LogP contribution in [0.2, 0.25) is 0 Å². The highest BCUT2D eigenvalue weighted by Crippen LogP contribution is 2.37. The van der Waals surface area contributed by atoms with E-state index in [9.17, 15) is 36.0 Å². The topological polar surface area (TPSA) is 122 Å². The highest BCUT2D eigenvalue weighted by atomic mass is 32.2. The average molecular weight is 485 g/mol. The third-order valence-electron chi connectivity index (χ3n) is 4.57. The summed E-state index contributed by atoms with van der Waals surface area (Å²) in [5.74, 6) is -2.67. The molecule has 2 aromatic carbocycles. The van der Waals surface area contributed by atoms with E-state index in [1.807, 2.05) is 4.72 Å². The molecule has 33 heavy (non-hydrogen) atoms. The van der Waals surface area contributed by atoms with Gasteiger partial charge in [-0.05, 0) is 37.3 Å². The number of benzene rings is 2. The van der Waals surface area contributed by atoms with Gasteiger partial charge in [-0.1, -0.05) is 18.2 Å². The molecule has 0 bridgehead atoms. The summed E-state index contributed by atoms with van der Waals surface area (Å²) in [5.41, 5.74) is -1.23. The summed E-state index contributed by atoms with van der Waals surface area (Å²) in [6.07, 6.45) is -6.10. The zero-order chi connectivity index (χ0) is 24.4. The number of nitrogens with one attached hydrogen (secondary N) is 2. The Kier molecular flexibility index (Phi) is 6.74. The van der Waals surface area contributed by atoms with Crippen LogP contribution in [-0.4, -0.2) is 45.4 Å². The number of nitrogens with zero attached hydrogens (tertiary/aromatic N) is 1. The number of rotatable bonds is 6. The molecule has 0 spiro atoms. The van der Waals surface area contributed by atoms with Gasteiger partial charge in [-0.15, -0.1) is 0 Å². The lowest BCUT2D eigenvalue weighted by molar-refractivity contribution is -0.152. The van der Waals surface area contributed by atoms with Crippen molar-refractivity contribution in [2.45, 2.75) is 24.1 Å². The third kappa shape index (κ3) is 5.68. The van der Waals surface area contributed by atoms with Gasteiger partial charge in [0.1, 0.15) is 13.1 Å². The van der Waals surface area contributed by atoms with Crippen LogP contribution in [0.25, 0.3) is 0 Å². The molecular weight excluding hydrogens is 467 g/mol. The SMILES string of the molecule is CC(OC(=O)CNS(=O)(=O)c1ccccc1)C(=O)N1CC(=O)Nc2cc(C(F)(F)F)ccc21. The fourth-order valence-corrected chi connectivity index (χ4v) is 4.00. The minimum Gasteiger partial charge on any atom is -0.452 e. The summed E-state index contributed by atoms with van der Waals surface area (Å²) in [6, 6.07) is 9.73. The van der Waals surface area contributed by atoms with Crippen LogP contribution in [0.15, 0.2) is 53.4 Å². The zero-order valence-electron chi connectivity index (χ0n) is 17.0. The Bertz CT molecular complexity index is 1190. The molecule has 2 N–H and O–H groups in total. The van der Waals surface area contributed by atoms with Gasteiger partial charge in [-0.3, -0.25) is 19.3 Å². The number of ether oxygens (including phenoxy) is 1. The molecule has 2 amide bonds. The number of anilines is 2. The Morgan fingerprint density at radius 2 is 1.85 bits per heavy atom. The minimum absolute atomic E-state index is 0.000259. The van der Waals surface area contributed by atoms with Crippen LogP contribution in [0.3, 0.4) is 0 Å². The highest BCUT2D eigenvalue weighted by molar-refractivity contribution is 7.89. The van der Waals surface area contributed by atoms with Crippen molar-refractivity contribution in [3.05, 3.63) is 54.1 Å². The second-order valence-electron chi connectivity index (χ2n) is 6.97. The predicted molar refractivity (Wildman–Crippen MR) is 110 cm³/mol. The molecule has 0 aliphatic carbocycles. The van der Waals surface area contributed by atoms with E-state index in [0.29, 0.717) is 6.07 Å². The monoisotopic (exact) mass is 485 g/mol. The summed E-state index contributed by atoms with van der Waals surface area (Å²) < 4.78 is 70.2. The van der Waals surface area contributed by atoms with Gasteiger partial charge in [0, 0.05) is 0 Å². The molecule has 13 heteroatoms. The van der Waals surface area contributed by atoms with E-state index >= 15 is 0 Å². The van der Waals surface area contributed by atoms with Crippen molar-refractivity contribution in [1.82, 2.24) is 4.72 Å². The first kappa shape index (κ1) is 24.2. The molecule has 1 atom stereocenters. The molecule has 0 saturated carbocycles. The molecule has 0 saturated heterocycles. The van der Waals surface area contributed by atoms with E-state index in [0.717, 1.165) is 17.0 Å². The van der Waals surface area contributed by atoms with Crippen LogP contribution in [0, 0.1) is 0 Å². The van der Waals surface area contributed by atoms with E-state index in [2.05, 4.69) is 5.32 Å². The Morgan fingerprint density at radius 1 is 1.18 bits per heavy atom. The number of amides is 2. The van der Waals surface area contributed by atoms with Crippen molar-refractivity contribution < 1.29 is 40.7 Å². The molecule has 0 fully saturated rings. The highest BCUT2D eigenvalue weighted by Gasteiger charge is 2.35. The van der Waals surface area contributed by atoms with Crippen molar-refractivity contribution in [2.24, 2.45) is 0 Å². The lowest BCUT2D eigenvalue weighted by Gasteiger charge is -2.31. The van der Waals surface area contributed by atoms with Crippen LogP contribution < -0.4 is 14.9 Å². The maximum Gasteiger partial charge on any atom is 0.416 e. The quantitative estimate of drug-likeness (QED) is 0.603. The van der Waals surface area contributed by atoms with Crippen molar-refractivity contribution >= 4 is 39.2 Å². The number of hydrogen-bond acceptors (Lipinski definition) is 6. The Morgan fingerprint density at radius 3 is 2.48 bits per heavy atom. The number of sulfonamides is 1. The number of hydrogen-bond donors (Lipinski definition) is 2. The van der Waals surface area contributed by atoms with Gasteiger partial charge in [0.25, 0.3) is 5.91 Å². The second kappa shape index (κ2) is 9.19. The largest absolute Gasteiger partial charge is 0.452 e. The molecule has 1 aliphatic heterocycles. The van der Waals surface area contributed by atoms with Gasteiger partial charge in [0.05, 0.1) is 21.8 Å². The Hall–Kier alpha value is -3.45. The third-order valence-corrected chi connectivity index (χ3v) is 5.99. The van der Waals surface area contributed by atoms with Crippen LogP contribution in [-0.2, 0) is 35.3 Å². The lowest BCUT2D eigenvalue weighted by atomic mass is 10.1. The standard InChI is InChI=1S/C20H18F3N3O6S/c1-12(32-18(28)10-24-33(30,31)14-5-3-2-4-6-14)19(29)26-11-17(27)25-15-9-13(20(21,22)23)7-8-16(15)26/h2-9,12,24H,10-11H2,1H3,(H,25,27). The fourth-order valence-electron chi connectivity index (χ4n) is 3.01. The first-order valence-electron chi connectivity index (χ1n) is 9.45. The molecule has 0 aromatic heterocycles. The van der Waals surface area contributed by atoms with Crippen LogP contribution in [0.4, 0.5) is 24.5 Å². The molecule has 9 nitrogen and oxygen atoms in total. The lowest BCUT2D eigenvalue weighted by Crippen LogP contribution is -2.47. The minimum atomic E-state index is -4.65. The fraction of sp³-hybridized carbons (Fsp3) is 0.250. The molecule has 176 valence electrons. The number of carbonyl (C=O) groups excluding carboxylic acids is 3. The predicted octanol–water partition coefficient (Wildman–Crippen LogP) is 1.90. The number of alkyl halides is 3. The maximum absolute atomic E-state index is 12.9. The summed E-state index contributed by atoms with van der Waals surface area (Å²) >= 11 is 0. The van der Waals surface area contributed by atoms with Gasteiger partial charge < -0.3 is 10.1 Å². The normalized spacial score (nSPS) is 14.8. The van der Waals surface area contributed by atoms with Gasteiger partial charge in [0.15, 0.2) is 6.10 Å². The Labute approximate surface area is 186 Å². The van der Waals surface area contributed by atoms with Gasteiger partial charge in [-0.25, -0.2) is 8.42 Å². The van der Waals surface area contributed by atoms with Crippen LogP contribution in [0.1, 0.15) is 12.5 Å². The van der Waals surface area contributed by atoms with Crippen molar-refractivity contribution in [1.29, 1.82) is 0 Å². The smallest absolute Gasteiger partial charge is 0.416 e. The van der Waals surface area contributed by atoms with Crippen LogP contribution >= 0.6 is 0 Å². The summed E-state index contributed by atoms with van der Waals surface area (Å²) in [4.78, 5) is 37.6. The average Bonchev–Trinajstić information content (AvgIpc) is 2.76. The maximum atomic E-state index is 12.9. The number of carbonyl (C=O) groups is 3. The van der Waals surface area contributed by atoms with Gasteiger partial charge in [0.2, 0.25) is 15.9 Å². The van der Waals surface area contributed by atoms with E-state index in [-0.39, 0.29) is 16.3 Å². The Balaban J connectivity index is 1.68. The summed E-state index contributed by atoms with van der Waals surface area (Å²) in [7, 11) is -3.99. The molecular formula is C20H18F3N3O6S. The molecule has 1 unspecified atom stereocenters. The summed E-state index contributed by atoms with van der Waals surface area (Å²) in [5, 5.41) is 2.27. The van der Waals surface area contributed by atoms with Gasteiger partial charge >= 0.3 is 12.1 Å². The summed E-state index contributed by atoms with van der Waals surface area (Å²) in [6.45, 7) is -0.0667. The first-order chi connectivity index (χ1) is 15.4. The van der Waals surface area contributed by atoms with E-state index in [1.54, 1.807) is 6.07 Å². The number of halogens is 3. The van der Waals surface area contributed by atoms with Crippen LogP contribution in [0.5, 0.6) is 0 Å².